The first-order valence-electron chi connectivity index (χ1n) is 14.0. The van der Waals surface area contributed by atoms with E-state index in [1.54, 1.807) is 57.6 Å². The summed E-state index contributed by atoms with van der Waals surface area (Å²) in [7, 11) is 4.67. The van der Waals surface area contributed by atoms with Gasteiger partial charge in [0.25, 0.3) is 0 Å². The van der Waals surface area contributed by atoms with Crippen molar-refractivity contribution in [2.45, 2.75) is 44.8 Å². The minimum Gasteiger partial charge on any atom is -0.493 e. The molecule has 0 saturated carbocycles. The van der Waals surface area contributed by atoms with Crippen molar-refractivity contribution < 1.29 is 23.8 Å². The van der Waals surface area contributed by atoms with Gasteiger partial charge in [0.1, 0.15) is 6.04 Å². The standard InChI is InChI=1S/C32H38N4O6S/c1-19(37)35-24-8-6-21-16-28(40-2)30(41-3)31(42-4)29(21)22-7-9-25(27(38)17-23(22)24)36-26(12-15-43-5)32(39)34-18-20-10-13-33-14-11-20/h7,9-11,13-14,16-17,24,26H,6,8,12,15,18H2,1-5H3,(H,34,39)(H,35,37)(H,36,38)/t24-,26+/m0/s1. The summed E-state index contributed by atoms with van der Waals surface area (Å²) in [5, 5.41) is 9.20. The lowest BCUT2D eigenvalue weighted by atomic mass is 9.95. The lowest BCUT2D eigenvalue weighted by Gasteiger charge is -2.19. The van der Waals surface area contributed by atoms with E-state index in [0.29, 0.717) is 48.6 Å². The second-order valence-corrected chi connectivity index (χ2v) is 11.1. The molecule has 3 N–H and O–H groups in total. The highest BCUT2D eigenvalue weighted by Gasteiger charge is 2.30. The van der Waals surface area contributed by atoms with Crippen molar-refractivity contribution in [3.8, 4) is 28.4 Å². The van der Waals surface area contributed by atoms with Gasteiger partial charge in [0.05, 0.1) is 33.1 Å². The van der Waals surface area contributed by atoms with Gasteiger partial charge in [0.15, 0.2) is 11.5 Å². The van der Waals surface area contributed by atoms with Crippen molar-refractivity contribution in [1.29, 1.82) is 0 Å². The van der Waals surface area contributed by atoms with Gasteiger partial charge < -0.3 is 30.2 Å². The van der Waals surface area contributed by atoms with Crippen LogP contribution in [0.3, 0.4) is 0 Å². The average molecular weight is 607 g/mol. The molecule has 3 aromatic rings. The Labute approximate surface area is 255 Å². The van der Waals surface area contributed by atoms with Gasteiger partial charge in [-0.3, -0.25) is 19.4 Å². The van der Waals surface area contributed by atoms with E-state index in [2.05, 4.69) is 20.9 Å². The van der Waals surface area contributed by atoms with Crippen molar-refractivity contribution >= 4 is 29.3 Å². The van der Waals surface area contributed by atoms with E-state index in [1.807, 2.05) is 30.5 Å². The molecule has 2 amide bonds. The van der Waals surface area contributed by atoms with Crippen LogP contribution in [0.1, 0.15) is 42.5 Å². The maximum absolute atomic E-state index is 13.7. The maximum Gasteiger partial charge on any atom is 0.242 e. The molecule has 228 valence electrons. The number of anilines is 1. The molecule has 0 aliphatic heterocycles. The molecule has 2 atom stereocenters. The summed E-state index contributed by atoms with van der Waals surface area (Å²) >= 11 is 1.62. The molecule has 43 heavy (non-hydrogen) atoms. The van der Waals surface area contributed by atoms with Gasteiger partial charge in [-0.15, -0.1) is 0 Å². The number of aryl methyl sites for hydroxylation is 1. The maximum atomic E-state index is 13.7. The second-order valence-electron chi connectivity index (χ2n) is 10.1. The Morgan fingerprint density at radius 1 is 1.05 bits per heavy atom. The molecule has 0 spiro atoms. The van der Waals surface area contributed by atoms with E-state index in [-0.39, 0.29) is 22.9 Å². The van der Waals surface area contributed by atoms with Gasteiger partial charge in [0, 0.05) is 31.4 Å². The molecule has 0 fully saturated rings. The van der Waals surface area contributed by atoms with Gasteiger partial charge in [0.2, 0.25) is 23.0 Å². The Balaban J connectivity index is 1.80. The van der Waals surface area contributed by atoms with Gasteiger partial charge in [-0.1, -0.05) is 6.07 Å². The fourth-order valence-electron chi connectivity index (χ4n) is 5.33. The van der Waals surface area contributed by atoms with Crippen molar-refractivity contribution in [1.82, 2.24) is 15.6 Å². The van der Waals surface area contributed by atoms with Crippen molar-refractivity contribution in [2.75, 3.05) is 38.7 Å². The van der Waals surface area contributed by atoms with Crippen LogP contribution >= 0.6 is 11.8 Å². The van der Waals surface area contributed by atoms with Crippen LogP contribution in [0.4, 0.5) is 5.69 Å². The third kappa shape index (κ3) is 7.40. The minimum absolute atomic E-state index is 0.204. The Morgan fingerprint density at radius 3 is 2.44 bits per heavy atom. The molecule has 0 unspecified atom stereocenters. The number of nitrogens with one attached hydrogen (secondary N) is 3. The normalized spacial score (nSPS) is 14.3. The summed E-state index contributed by atoms with van der Waals surface area (Å²) < 4.78 is 17.1. The SMILES string of the molecule is COc1cc2c(c(OC)c1OC)-c1ccc(N[C@H](CCSC)C(=O)NCc3ccncc3)c(=O)cc1[C@@H](NC(C)=O)CC2. The highest BCUT2D eigenvalue weighted by atomic mass is 32.2. The summed E-state index contributed by atoms with van der Waals surface area (Å²) in [5.74, 6) is 1.74. The number of carbonyl (C=O) groups is 2. The quantitative estimate of drug-likeness (QED) is 0.279. The van der Waals surface area contributed by atoms with Gasteiger partial charge in [-0.05, 0) is 83.9 Å². The summed E-state index contributed by atoms with van der Waals surface area (Å²) in [6.07, 6.45) is 7.00. The number of rotatable bonds is 12. The smallest absolute Gasteiger partial charge is 0.242 e. The predicted octanol–water partition coefficient (Wildman–Crippen LogP) is 4.11. The van der Waals surface area contributed by atoms with Crippen LogP contribution in [-0.4, -0.2) is 56.2 Å². The van der Waals surface area contributed by atoms with Gasteiger partial charge in [-0.2, -0.15) is 11.8 Å². The molecule has 1 aromatic heterocycles. The van der Waals surface area contributed by atoms with Crippen LogP contribution in [0, 0.1) is 0 Å². The Hall–Kier alpha value is -4.25. The van der Waals surface area contributed by atoms with Crippen molar-refractivity contribution in [2.24, 2.45) is 0 Å². The third-order valence-corrected chi connectivity index (χ3v) is 8.03. The molecule has 1 aliphatic carbocycles. The number of fused-ring (bicyclic) bond motifs is 3. The van der Waals surface area contributed by atoms with Crippen LogP contribution in [0.25, 0.3) is 11.1 Å². The molecule has 10 nitrogen and oxygen atoms in total. The number of benzene rings is 1. The second kappa shape index (κ2) is 14.8. The van der Waals surface area contributed by atoms with Gasteiger partial charge >= 0.3 is 0 Å². The number of thioether (sulfide) groups is 1. The minimum atomic E-state index is -0.637. The van der Waals surface area contributed by atoms with Crippen LogP contribution in [0.5, 0.6) is 17.2 Å². The topological polar surface area (TPSA) is 128 Å². The Kier molecular flexibility index (Phi) is 10.9. The molecule has 2 aromatic carbocycles. The third-order valence-electron chi connectivity index (χ3n) is 7.39. The number of aromatic nitrogens is 1. The monoisotopic (exact) mass is 606 g/mol. The first-order valence-corrected chi connectivity index (χ1v) is 15.4. The van der Waals surface area contributed by atoms with Crippen LogP contribution < -0.4 is 35.6 Å². The summed E-state index contributed by atoms with van der Waals surface area (Å²) in [4.78, 5) is 43.3. The molecule has 0 bridgehead atoms. The van der Waals surface area contributed by atoms with Crippen LogP contribution in [0.15, 0.2) is 53.6 Å². The van der Waals surface area contributed by atoms with E-state index in [0.717, 1.165) is 28.0 Å². The molecule has 4 rings (SSSR count). The van der Waals surface area contributed by atoms with Crippen LogP contribution in [0.2, 0.25) is 0 Å². The number of hydrogen-bond acceptors (Lipinski definition) is 9. The number of ether oxygens (including phenoxy) is 3. The highest BCUT2D eigenvalue weighted by molar-refractivity contribution is 7.98. The number of hydrogen-bond donors (Lipinski definition) is 3. The molecule has 0 radical (unpaired) electrons. The summed E-state index contributed by atoms with van der Waals surface area (Å²) in [5.41, 5.74) is 3.98. The molecular formula is C32H38N4O6S. The molecule has 0 saturated heterocycles. The van der Waals surface area contributed by atoms with E-state index >= 15 is 0 Å². The first-order chi connectivity index (χ1) is 20.8. The van der Waals surface area contributed by atoms with Crippen molar-refractivity contribution in [3.05, 3.63) is 75.7 Å². The Morgan fingerprint density at radius 2 is 1.79 bits per heavy atom. The number of nitrogens with zero attached hydrogens (tertiary/aromatic N) is 1. The van der Waals surface area contributed by atoms with E-state index in [9.17, 15) is 14.4 Å². The Bertz CT molecular complexity index is 1520. The number of pyridine rings is 1. The first kappa shape index (κ1) is 31.7. The van der Waals surface area contributed by atoms with Crippen molar-refractivity contribution in [3.63, 3.8) is 0 Å². The largest absolute Gasteiger partial charge is 0.493 e. The fraction of sp³-hybridized carbons (Fsp3) is 0.375. The fourth-order valence-corrected chi connectivity index (χ4v) is 5.80. The number of methoxy groups -OCH3 is 3. The highest BCUT2D eigenvalue weighted by Crippen LogP contribution is 2.50. The van der Waals surface area contributed by atoms with Crippen LogP contribution in [-0.2, 0) is 22.6 Å². The van der Waals surface area contributed by atoms with E-state index in [4.69, 9.17) is 14.2 Å². The lowest BCUT2D eigenvalue weighted by Crippen LogP contribution is -2.40. The predicted molar refractivity (Wildman–Crippen MR) is 169 cm³/mol. The molecule has 11 heteroatoms. The molecular weight excluding hydrogens is 568 g/mol. The zero-order valence-corrected chi connectivity index (χ0v) is 25.9. The zero-order valence-electron chi connectivity index (χ0n) is 25.1. The number of amides is 2. The molecule has 1 heterocycles. The molecule has 1 aliphatic rings. The van der Waals surface area contributed by atoms with Gasteiger partial charge in [-0.25, -0.2) is 0 Å². The van der Waals surface area contributed by atoms with E-state index < -0.39 is 12.1 Å². The zero-order chi connectivity index (χ0) is 30.9. The lowest BCUT2D eigenvalue weighted by molar-refractivity contribution is -0.122. The number of carbonyl (C=O) groups excluding carboxylic acids is 2. The average Bonchev–Trinajstić information content (AvgIpc) is 3.25. The van der Waals surface area contributed by atoms with E-state index in [1.165, 1.54) is 6.92 Å². The summed E-state index contributed by atoms with van der Waals surface area (Å²) in [6, 6.07) is 9.61. The summed E-state index contributed by atoms with van der Waals surface area (Å²) in [6.45, 7) is 1.81.